The fourth-order valence-corrected chi connectivity index (χ4v) is 3.02. The molecule has 0 saturated heterocycles. The van der Waals surface area contributed by atoms with Gasteiger partial charge < -0.3 is 5.73 Å². The van der Waals surface area contributed by atoms with Crippen LogP contribution in [0.5, 0.6) is 0 Å². The third-order valence-corrected chi connectivity index (χ3v) is 4.56. The Balaban J connectivity index is 1.88. The lowest BCUT2D eigenvalue weighted by Gasteiger charge is -2.13. The summed E-state index contributed by atoms with van der Waals surface area (Å²) in [5.41, 5.74) is 9.71. The summed E-state index contributed by atoms with van der Waals surface area (Å²) in [4.78, 5) is 14.3. The normalized spacial score (nSPS) is 18.6. The number of aryl methyl sites for hydroxylation is 1. The average molecular weight is 366 g/mol. The molecule has 0 bridgehead atoms. The Hall–Kier alpha value is -3.37. The van der Waals surface area contributed by atoms with E-state index in [-0.39, 0.29) is 0 Å². The van der Waals surface area contributed by atoms with Crippen LogP contribution in [-0.4, -0.2) is 20.5 Å². The van der Waals surface area contributed by atoms with E-state index in [1.165, 1.54) is 0 Å². The first kappa shape index (κ1) is 18.0. The molecule has 3 aromatic rings. The van der Waals surface area contributed by atoms with Crippen molar-refractivity contribution in [2.24, 2.45) is 5.73 Å². The van der Waals surface area contributed by atoms with Crippen LogP contribution in [-0.2, 0) is 0 Å². The van der Waals surface area contributed by atoms with E-state index in [0.29, 0.717) is 17.5 Å². The minimum Gasteiger partial charge on any atom is -0.319 e. The summed E-state index contributed by atoms with van der Waals surface area (Å²) in [6.45, 7) is 4.02. The molecule has 4 heteroatoms. The highest BCUT2D eigenvalue weighted by molar-refractivity contribution is 5.74. The molecule has 28 heavy (non-hydrogen) atoms. The third kappa shape index (κ3) is 3.97. The van der Waals surface area contributed by atoms with Gasteiger partial charge in [-0.3, -0.25) is 0 Å². The fourth-order valence-electron chi connectivity index (χ4n) is 3.02. The van der Waals surface area contributed by atoms with Crippen molar-refractivity contribution in [1.82, 2.24) is 15.0 Å². The van der Waals surface area contributed by atoms with E-state index in [4.69, 9.17) is 20.7 Å². The van der Waals surface area contributed by atoms with Crippen LogP contribution < -0.4 is 5.73 Å². The smallest absolute Gasteiger partial charge is 0.164 e. The van der Waals surface area contributed by atoms with Gasteiger partial charge in [0.1, 0.15) is 0 Å². The van der Waals surface area contributed by atoms with Crippen molar-refractivity contribution in [2.75, 3.05) is 0 Å². The molecular weight excluding hydrogens is 344 g/mol. The molecule has 1 aromatic heterocycles. The van der Waals surface area contributed by atoms with Crippen molar-refractivity contribution < 1.29 is 0 Å². The van der Waals surface area contributed by atoms with Crippen molar-refractivity contribution >= 4 is 5.57 Å². The first-order chi connectivity index (χ1) is 13.5. The van der Waals surface area contributed by atoms with Gasteiger partial charge in [-0.05, 0) is 19.9 Å². The first-order valence-electron chi connectivity index (χ1n) is 9.27. The highest BCUT2D eigenvalue weighted by Crippen LogP contribution is 2.25. The number of nitrogens with zero attached hydrogens (tertiary/aromatic N) is 3. The molecule has 1 heterocycles. The zero-order valence-corrected chi connectivity index (χ0v) is 16.0. The standard InChI is InChI=1S/C24H22N4/c1-17-8-6-11-20(16-17)23-27-21(18-9-4-3-5-10-18)26-22(28-23)19-12-7-14-24(2,25)15-13-19/h3-16H,25H2,1-2H3. The molecule has 1 aliphatic rings. The van der Waals surface area contributed by atoms with E-state index in [1.807, 2.05) is 79.8 Å². The Morgan fingerprint density at radius 1 is 0.786 bits per heavy atom. The summed E-state index contributed by atoms with van der Waals surface area (Å²) < 4.78 is 0. The highest BCUT2D eigenvalue weighted by atomic mass is 15.0. The lowest BCUT2D eigenvalue weighted by Crippen LogP contribution is -2.30. The second kappa shape index (κ2) is 7.33. The van der Waals surface area contributed by atoms with E-state index in [2.05, 4.69) is 19.1 Å². The number of benzene rings is 2. The van der Waals surface area contributed by atoms with Gasteiger partial charge in [0.25, 0.3) is 0 Å². The Morgan fingerprint density at radius 2 is 1.46 bits per heavy atom. The quantitative estimate of drug-likeness (QED) is 0.727. The molecule has 0 radical (unpaired) electrons. The van der Waals surface area contributed by atoms with Crippen LogP contribution in [0.2, 0.25) is 0 Å². The van der Waals surface area contributed by atoms with Gasteiger partial charge in [0.15, 0.2) is 17.5 Å². The van der Waals surface area contributed by atoms with E-state index >= 15 is 0 Å². The predicted octanol–water partition coefficient (Wildman–Crippen LogP) is 4.74. The number of allylic oxidation sites excluding steroid dienone is 4. The average Bonchev–Trinajstić information content (AvgIpc) is 2.89. The summed E-state index contributed by atoms with van der Waals surface area (Å²) in [7, 11) is 0. The molecule has 4 nitrogen and oxygen atoms in total. The molecule has 2 N–H and O–H groups in total. The van der Waals surface area contributed by atoms with Crippen LogP contribution in [0, 0.1) is 6.92 Å². The van der Waals surface area contributed by atoms with Crippen LogP contribution in [0.25, 0.3) is 28.3 Å². The van der Waals surface area contributed by atoms with Crippen LogP contribution in [0.3, 0.4) is 0 Å². The molecule has 0 spiro atoms. The number of hydrogen-bond donors (Lipinski definition) is 1. The maximum Gasteiger partial charge on any atom is 0.164 e. The van der Waals surface area contributed by atoms with Gasteiger partial charge in [0.05, 0.1) is 5.54 Å². The molecule has 2 aromatic carbocycles. The summed E-state index contributed by atoms with van der Waals surface area (Å²) >= 11 is 0. The van der Waals surface area contributed by atoms with Gasteiger partial charge in [-0.2, -0.15) is 0 Å². The first-order valence-corrected chi connectivity index (χ1v) is 9.27. The highest BCUT2D eigenvalue weighted by Gasteiger charge is 2.15. The lowest BCUT2D eigenvalue weighted by molar-refractivity contribution is 0.736. The van der Waals surface area contributed by atoms with Crippen molar-refractivity contribution in [3.05, 3.63) is 96.4 Å². The second-order valence-electron chi connectivity index (χ2n) is 7.22. The topological polar surface area (TPSA) is 64.7 Å². The molecule has 0 fully saturated rings. The number of rotatable bonds is 3. The minimum atomic E-state index is -0.493. The molecule has 1 unspecified atom stereocenters. The Kier molecular flexibility index (Phi) is 4.72. The SMILES string of the molecule is Cc1cccc(-c2nc(C3=CC=CC(C)(N)C=C3)nc(-c3ccccc3)n2)c1. The maximum absolute atomic E-state index is 6.22. The van der Waals surface area contributed by atoms with Crippen LogP contribution >= 0.6 is 0 Å². The Bertz CT molecular complexity index is 1090. The number of hydrogen-bond acceptors (Lipinski definition) is 4. The van der Waals surface area contributed by atoms with Crippen LogP contribution in [0.4, 0.5) is 0 Å². The zero-order chi connectivity index (χ0) is 19.6. The zero-order valence-electron chi connectivity index (χ0n) is 16.0. The van der Waals surface area contributed by atoms with E-state index < -0.39 is 5.54 Å². The molecule has 138 valence electrons. The van der Waals surface area contributed by atoms with Gasteiger partial charge in [-0.25, -0.2) is 15.0 Å². The van der Waals surface area contributed by atoms with Gasteiger partial charge in [0.2, 0.25) is 0 Å². The van der Waals surface area contributed by atoms with Crippen LogP contribution in [0.1, 0.15) is 18.3 Å². The lowest BCUT2D eigenvalue weighted by atomic mass is 10.0. The summed E-state index contributed by atoms with van der Waals surface area (Å²) in [6, 6.07) is 18.2. The van der Waals surface area contributed by atoms with E-state index in [9.17, 15) is 0 Å². The molecule has 1 aliphatic carbocycles. The summed E-state index contributed by atoms with van der Waals surface area (Å²) in [5.74, 6) is 1.94. The van der Waals surface area contributed by atoms with Crippen molar-refractivity contribution in [3.8, 4) is 22.8 Å². The molecule has 1 atom stereocenters. The van der Waals surface area contributed by atoms with Crippen molar-refractivity contribution in [1.29, 1.82) is 0 Å². The summed E-state index contributed by atoms with van der Waals surface area (Å²) in [5, 5.41) is 0. The van der Waals surface area contributed by atoms with Gasteiger partial charge in [-0.15, -0.1) is 0 Å². The molecule has 0 amide bonds. The van der Waals surface area contributed by atoms with E-state index in [0.717, 1.165) is 22.3 Å². The van der Waals surface area contributed by atoms with Crippen LogP contribution in [0.15, 0.2) is 85.0 Å². The number of aromatic nitrogens is 3. The molecule has 4 rings (SSSR count). The predicted molar refractivity (Wildman–Crippen MR) is 114 cm³/mol. The Morgan fingerprint density at radius 3 is 2.21 bits per heavy atom. The maximum atomic E-state index is 6.22. The molecule has 0 saturated carbocycles. The van der Waals surface area contributed by atoms with Gasteiger partial charge in [0, 0.05) is 16.7 Å². The number of nitrogens with two attached hydrogens (primary N) is 1. The van der Waals surface area contributed by atoms with E-state index in [1.54, 1.807) is 0 Å². The second-order valence-corrected chi connectivity index (χ2v) is 7.22. The Labute approximate surface area is 165 Å². The minimum absolute atomic E-state index is 0.493. The fraction of sp³-hybridized carbons (Fsp3) is 0.125. The van der Waals surface area contributed by atoms with Gasteiger partial charge in [-0.1, -0.05) is 84.5 Å². The molecule has 0 aliphatic heterocycles. The largest absolute Gasteiger partial charge is 0.319 e. The summed E-state index contributed by atoms with van der Waals surface area (Å²) in [6.07, 6.45) is 9.83. The van der Waals surface area contributed by atoms with Gasteiger partial charge >= 0.3 is 0 Å². The molecular formula is C24H22N4. The third-order valence-electron chi connectivity index (χ3n) is 4.56. The van der Waals surface area contributed by atoms with Crippen molar-refractivity contribution in [3.63, 3.8) is 0 Å². The van der Waals surface area contributed by atoms with Crippen molar-refractivity contribution in [2.45, 2.75) is 19.4 Å². The monoisotopic (exact) mass is 366 g/mol.